The van der Waals surface area contributed by atoms with Crippen LogP contribution in [-0.2, 0) is 5.41 Å². The van der Waals surface area contributed by atoms with E-state index in [1.54, 1.807) is 11.0 Å². The summed E-state index contributed by atoms with van der Waals surface area (Å²) >= 11 is 0. The van der Waals surface area contributed by atoms with Crippen molar-refractivity contribution in [1.82, 2.24) is 25.1 Å². The summed E-state index contributed by atoms with van der Waals surface area (Å²) in [5.41, 5.74) is 1.31. The summed E-state index contributed by atoms with van der Waals surface area (Å²) in [4.78, 5) is 32.5. The molecule has 7 nitrogen and oxygen atoms in total. The molecule has 5 aliphatic carbocycles. The van der Waals surface area contributed by atoms with E-state index in [0.29, 0.717) is 42.7 Å². The van der Waals surface area contributed by atoms with Gasteiger partial charge in [-0.25, -0.2) is 18.6 Å². The van der Waals surface area contributed by atoms with E-state index in [4.69, 9.17) is 0 Å². The zero-order valence-corrected chi connectivity index (χ0v) is 17.6. The Balaban J connectivity index is 1.27. The fraction of sp³-hybridized carbons (Fsp3) is 0.375. The average Bonchev–Trinajstić information content (AvgIpc) is 3.63. The topological polar surface area (TPSA) is 91.8 Å². The van der Waals surface area contributed by atoms with Gasteiger partial charge in [0.05, 0.1) is 17.0 Å². The molecule has 3 aromatic rings. The molecule has 0 radical (unpaired) electrons. The van der Waals surface area contributed by atoms with Crippen molar-refractivity contribution in [2.75, 3.05) is 13.1 Å². The molecule has 1 N–H and O–H groups in total. The van der Waals surface area contributed by atoms with Gasteiger partial charge in [-0.1, -0.05) is 6.07 Å². The number of aromatic amines is 1. The van der Waals surface area contributed by atoms with E-state index in [2.05, 4.69) is 20.2 Å². The number of H-pyrrole nitrogens is 1. The Morgan fingerprint density at radius 1 is 1.15 bits per heavy atom. The number of hydrogen-bond donors (Lipinski definition) is 1. The monoisotopic (exact) mass is 447 g/mol. The first-order chi connectivity index (χ1) is 16.0. The van der Waals surface area contributed by atoms with Crippen LogP contribution in [0.1, 0.15) is 34.6 Å². The maximum Gasteiger partial charge on any atom is 0.345 e. The minimum absolute atomic E-state index is 0.155. The van der Waals surface area contributed by atoms with Gasteiger partial charge in [0.1, 0.15) is 17.3 Å². The van der Waals surface area contributed by atoms with Gasteiger partial charge in [0.2, 0.25) is 0 Å². The Morgan fingerprint density at radius 2 is 1.88 bits per heavy atom. The first-order valence-corrected chi connectivity index (χ1v) is 11.1. The minimum Gasteiger partial charge on any atom is -0.337 e. The van der Waals surface area contributed by atoms with Crippen LogP contribution in [0, 0.1) is 35.3 Å². The van der Waals surface area contributed by atoms with Gasteiger partial charge in [0.25, 0.3) is 5.91 Å². The second-order valence-corrected chi connectivity index (χ2v) is 9.51. The van der Waals surface area contributed by atoms with Crippen LogP contribution >= 0.6 is 0 Å². The number of rotatable bonds is 5. The second kappa shape index (κ2) is 6.09. The van der Waals surface area contributed by atoms with Gasteiger partial charge >= 0.3 is 5.69 Å². The first-order valence-electron chi connectivity index (χ1n) is 11.1. The molecule has 0 spiro atoms. The van der Waals surface area contributed by atoms with E-state index in [-0.39, 0.29) is 28.3 Å². The maximum absolute atomic E-state index is 14.4. The summed E-state index contributed by atoms with van der Waals surface area (Å²) in [6.45, 7) is 2.86. The Hall–Kier alpha value is -3.49. The molecule has 5 aliphatic rings. The highest BCUT2D eigenvalue weighted by molar-refractivity contribution is 5.92. The molecule has 2 aromatic heterocycles. The molecule has 4 unspecified atom stereocenters. The summed E-state index contributed by atoms with van der Waals surface area (Å²) in [7, 11) is 0. The predicted molar refractivity (Wildman–Crippen MR) is 112 cm³/mol. The predicted octanol–water partition coefficient (Wildman–Crippen LogP) is 2.51. The zero-order valence-electron chi connectivity index (χ0n) is 17.6. The molecule has 166 valence electrons. The number of nitrogens with zero attached hydrogens (tertiary/aromatic N) is 4. The highest BCUT2D eigenvalue weighted by Crippen LogP contribution is 2.94. The normalized spacial score (nSPS) is 31.2. The molecule has 9 heteroatoms. The number of halogens is 2. The molecule has 1 aromatic carbocycles. The fourth-order valence-corrected chi connectivity index (χ4v) is 7.01. The quantitative estimate of drug-likeness (QED) is 0.649. The van der Waals surface area contributed by atoms with Crippen LogP contribution in [0.15, 0.2) is 41.3 Å². The van der Waals surface area contributed by atoms with Crippen molar-refractivity contribution in [2.24, 2.45) is 23.7 Å². The summed E-state index contributed by atoms with van der Waals surface area (Å²) in [5, 5.41) is 8.74. The third kappa shape index (κ3) is 2.24. The largest absolute Gasteiger partial charge is 0.345 e. The van der Waals surface area contributed by atoms with E-state index in [1.165, 1.54) is 30.5 Å². The van der Waals surface area contributed by atoms with Gasteiger partial charge in [-0.3, -0.25) is 4.79 Å². The van der Waals surface area contributed by atoms with Crippen LogP contribution in [-0.4, -0.2) is 44.1 Å². The fourth-order valence-electron chi connectivity index (χ4n) is 7.01. The van der Waals surface area contributed by atoms with Crippen molar-refractivity contribution in [3.63, 3.8) is 0 Å². The minimum atomic E-state index is -0.660. The van der Waals surface area contributed by atoms with Gasteiger partial charge < -0.3 is 9.88 Å². The van der Waals surface area contributed by atoms with Gasteiger partial charge in [-0.15, -0.1) is 0 Å². The molecule has 1 amide bonds. The van der Waals surface area contributed by atoms with Crippen molar-refractivity contribution in [1.29, 1.82) is 0 Å². The van der Waals surface area contributed by atoms with Crippen LogP contribution in [0.2, 0.25) is 0 Å². The van der Waals surface area contributed by atoms with Crippen molar-refractivity contribution in [2.45, 2.75) is 18.3 Å². The molecular weight excluding hydrogens is 428 g/mol. The number of benzene rings is 1. The molecule has 0 saturated heterocycles. The number of aromatic nitrogens is 4. The third-order valence-electron chi connectivity index (χ3n) is 8.30. The number of likely N-dealkylation sites (N-methyl/N-ethyl adjacent to an activating group) is 1. The molecular formula is C24H19F2N5O2. The van der Waals surface area contributed by atoms with Crippen molar-refractivity contribution in [3.05, 3.63) is 75.6 Å². The number of nitrogens with one attached hydrogen (secondary N) is 1. The first kappa shape index (κ1) is 19.0. The molecule has 4 atom stereocenters. The van der Waals surface area contributed by atoms with Gasteiger partial charge in [-0.2, -0.15) is 10.2 Å². The van der Waals surface area contributed by atoms with Gasteiger partial charge in [0, 0.05) is 24.7 Å². The molecule has 2 heterocycles. The number of hydrogen-bond acceptors (Lipinski definition) is 5. The van der Waals surface area contributed by atoms with E-state index >= 15 is 0 Å². The standard InChI is InChI=1S/C24H19F2N5O2/c1-2-31(22(32)13-6-7-27-23(33)28-13)9-24-19-17-15(18(17)20(19)24)10-8-14(29-30-21(10)24)16-11(25)4-3-5-12(16)26/h3-8,15,17-20H,2,9H2,1H3,(H,27,28,33). The van der Waals surface area contributed by atoms with Crippen LogP contribution in [0.5, 0.6) is 0 Å². The Labute approximate surface area is 186 Å². The van der Waals surface area contributed by atoms with Crippen molar-refractivity contribution < 1.29 is 13.6 Å². The van der Waals surface area contributed by atoms with E-state index < -0.39 is 17.3 Å². The summed E-state index contributed by atoms with van der Waals surface area (Å²) < 4.78 is 28.7. The Bertz CT molecular complexity index is 1390. The summed E-state index contributed by atoms with van der Waals surface area (Å²) in [6, 6.07) is 7.07. The molecule has 3 saturated carbocycles. The lowest BCUT2D eigenvalue weighted by atomic mass is 9.83. The van der Waals surface area contributed by atoms with Crippen LogP contribution in [0.3, 0.4) is 0 Å². The molecule has 3 fully saturated rings. The highest BCUT2D eigenvalue weighted by Gasteiger charge is 2.93. The Kier molecular flexibility index (Phi) is 3.51. The van der Waals surface area contributed by atoms with Crippen LogP contribution in [0.25, 0.3) is 11.3 Å². The average molecular weight is 447 g/mol. The van der Waals surface area contributed by atoms with Crippen LogP contribution in [0.4, 0.5) is 8.78 Å². The molecule has 2 bridgehead atoms. The lowest BCUT2D eigenvalue weighted by Crippen LogP contribution is -2.41. The summed E-state index contributed by atoms with van der Waals surface area (Å²) in [6.07, 6.45) is 1.32. The number of amides is 1. The zero-order chi connectivity index (χ0) is 22.6. The molecule has 8 rings (SSSR count). The second-order valence-electron chi connectivity index (χ2n) is 9.51. The number of carbonyl (C=O) groups excluding carboxylic acids is 1. The van der Waals surface area contributed by atoms with Gasteiger partial charge in [0.15, 0.2) is 0 Å². The van der Waals surface area contributed by atoms with Crippen LogP contribution < -0.4 is 5.69 Å². The van der Waals surface area contributed by atoms with Gasteiger partial charge in [-0.05, 0) is 66.3 Å². The summed E-state index contributed by atoms with van der Waals surface area (Å²) in [5.74, 6) is 0.863. The lowest BCUT2D eigenvalue weighted by Gasteiger charge is -2.31. The highest BCUT2D eigenvalue weighted by atomic mass is 19.1. The van der Waals surface area contributed by atoms with Crippen molar-refractivity contribution in [3.8, 4) is 11.3 Å². The molecule has 33 heavy (non-hydrogen) atoms. The Morgan fingerprint density at radius 3 is 2.55 bits per heavy atom. The lowest BCUT2D eigenvalue weighted by molar-refractivity contribution is 0.0734. The van der Waals surface area contributed by atoms with E-state index in [0.717, 1.165) is 11.3 Å². The number of carbonyl (C=O) groups is 1. The van der Waals surface area contributed by atoms with E-state index in [1.807, 2.05) is 6.92 Å². The SMILES string of the molecule is CCN(CC12c3nnc(-c4c(F)cccc4F)cc3C3C4C3C1C42)C(=O)c1ccnc(=O)[nH]1. The maximum atomic E-state index is 14.4. The smallest absolute Gasteiger partial charge is 0.337 e. The third-order valence-corrected chi connectivity index (χ3v) is 8.30. The van der Waals surface area contributed by atoms with Crippen molar-refractivity contribution >= 4 is 5.91 Å². The van der Waals surface area contributed by atoms with E-state index in [9.17, 15) is 18.4 Å². The molecule has 0 aliphatic heterocycles.